The van der Waals surface area contributed by atoms with Crippen LogP contribution >= 0.6 is 63.0 Å². The summed E-state index contributed by atoms with van der Waals surface area (Å²) in [5.74, 6) is -0.232. The van der Waals surface area contributed by atoms with Crippen LogP contribution in [0.25, 0.3) is 0 Å². The van der Waals surface area contributed by atoms with Crippen LogP contribution in [0.1, 0.15) is 10.4 Å². The molecule has 2 aromatic carbocycles. The van der Waals surface area contributed by atoms with Gasteiger partial charge in [0.1, 0.15) is 17.6 Å². The first kappa shape index (κ1) is 24.4. The van der Waals surface area contributed by atoms with E-state index in [1.807, 2.05) is 0 Å². The van der Waals surface area contributed by atoms with Gasteiger partial charge in [0.15, 0.2) is 5.11 Å². The lowest BCUT2D eigenvalue weighted by Gasteiger charge is -2.27. The van der Waals surface area contributed by atoms with Gasteiger partial charge in [-0.1, -0.05) is 56.8 Å². The van der Waals surface area contributed by atoms with Crippen molar-refractivity contribution >= 4 is 85.3 Å². The van der Waals surface area contributed by atoms with Crippen molar-refractivity contribution in [1.82, 2.24) is 10.6 Å². The molecule has 0 aliphatic carbocycles. The summed E-state index contributed by atoms with van der Waals surface area (Å²) >= 11 is 26.3. The Morgan fingerprint density at radius 3 is 2.50 bits per heavy atom. The van der Waals surface area contributed by atoms with Gasteiger partial charge in [0.25, 0.3) is 11.6 Å². The Balaban J connectivity index is 2.16. The van der Waals surface area contributed by atoms with E-state index >= 15 is 0 Å². The number of halogens is 4. The number of nitrogens with zero attached hydrogens (tertiary/aromatic N) is 1. The van der Waals surface area contributed by atoms with Gasteiger partial charge < -0.3 is 20.7 Å². The van der Waals surface area contributed by atoms with Crippen LogP contribution in [0.4, 0.5) is 11.4 Å². The van der Waals surface area contributed by atoms with Crippen molar-refractivity contribution in [2.75, 3.05) is 12.4 Å². The second kappa shape index (κ2) is 10.5. The zero-order valence-corrected chi connectivity index (χ0v) is 19.8. The lowest BCUT2D eigenvalue weighted by atomic mass is 10.2. The highest BCUT2D eigenvalue weighted by Crippen LogP contribution is 2.31. The van der Waals surface area contributed by atoms with E-state index in [1.54, 1.807) is 24.3 Å². The number of nitro benzene ring substituents is 1. The number of anilines is 1. The van der Waals surface area contributed by atoms with Gasteiger partial charge >= 0.3 is 0 Å². The molecule has 8 nitrogen and oxygen atoms in total. The minimum atomic E-state index is -1.99. The van der Waals surface area contributed by atoms with Crippen LogP contribution in [0.2, 0.25) is 0 Å². The van der Waals surface area contributed by atoms with Gasteiger partial charge in [-0.2, -0.15) is 0 Å². The van der Waals surface area contributed by atoms with Crippen molar-refractivity contribution < 1.29 is 14.5 Å². The van der Waals surface area contributed by atoms with E-state index in [2.05, 4.69) is 31.9 Å². The number of benzene rings is 2. The highest BCUT2D eigenvalue weighted by molar-refractivity contribution is 9.10. The summed E-state index contributed by atoms with van der Waals surface area (Å²) in [6.07, 6.45) is -1.24. The third-order valence-electron chi connectivity index (χ3n) is 3.61. The summed E-state index contributed by atoms with van der Waals surface area (Å²) in [7, 11) is 1.39. The van der Waals surface area contributed by atoms with E-state index in [0.717, 1.165) is 0 Å². The van der Waals surface area contributed by atoms with Crippen LogP contribution in [0.3, 0.4) is 0 Å². The highest BCUT2D eigenvalue weighted by Gasteiger charge is 2.35. The number of ether oxygens (including phenoxy) is 1. The van der Waals surface area contributed by atoms with E-state index in [1.165, 1.54) is 25.3 Å². The minimum absolute atomic E-state index is 0.0830. The lowest BCUT2D eigenvalue weighted by Crippen LogP contribution is -2.56. The molecule has 160 valence electrons. The number of hydrogen-bond acceptors (Lipinski definition) is 5. The fraction of sp³-hybridized carbons (Fsp3) is 0.176. The maximum atomic E-state index is 12.5. The molecule has 30 heavy (non-hydrogen) atoms. The molecule has 0 aromatic heterocycles. The van der Waals surface area contributed by atoms with E-state index < -0.39 is 20.8 Å². The van der Waals surface area contributed by atoms with Crippen LogP contribution in [0, 0.1) is 10.1 Å². The number of thiocarbonyl (C=S) groups is 1. The number of nitro groups is 1. The molecule has 1 atom stereocenters. The number of amides is 1. The molecule has 13 heteroatoms. The summed E-state index contributed by atoms with van der Waals surface area (Å²) < 4.78 is 3.69. The van der Waals surface area contributed by atoms with Crippen molar-refractivity contribution in [2.45, 2.75) is 9.96 Å². The Hall–Kier alpha value is -1.85. The average Bonchev–Trinajstić information content (AvgIpc) is 2.66. The van der Waals surface area contributed by atoms with Gasteiger partial charge in [0.05, 0.1) is 18.1 Å². The summed E-state index contributed by atoms with van der Waals surface area (Å²) in [6.45, 7) is 0. The molecular weight excluding hydrogens is 543 g/mol. The molecule has 0 saturated heterocycles. The first-order valence-corrected chi connectivity index (χ1v) is 10.4. The molecule has 0 spiro atoms. The van der Waals surface area contributed by atoms with E-state index in [0.29, 0.717) is 15.8 Å². The minimum Gasteiger partial charge on any atom is -0.496 e. The summed E-state index contributed by atoms with van der Waals surface area (Å²) in [6, 6.07) is 10.7. The smallest absolute Gasteiger partial charge is 0.296 e. The first-order chi connectivity index (χ1) is 14.0. The Morgan fingerprint density at radius 1 is 1.23 bits per heavy atom. The average molecular weight is 557 g/mol. The molecule has 0 aliphatic heterocycles. The molecule has 0 aliphatic rings. The quantitative estimate of drug-likeness (QED) is 0.155. The molecule has 0 unspecified atom stereocenters. The molecule has 0 saturated carbocycles. The predicted octanol–water partition coefficient (Wildman–Crippen LogP) is 4.78. The Kier molecular flexibility index (Phi) is 8.51. The number of carbonyl (C=O) groups excluding carboxylic acids is 1. The van der Waals surface area contributed by atoms with Gasteiger partial charge in [0, 0.05) is 10.0 Å². The van der Waals surface area contributed by atoms with Crippen molar-refractivity contribution in [1.29, 1.82) is 0 Å². The van der Waals surface area contributed by atoms with Crippen LogP contribution in [0.15, 0.2) is 46.9 Å². The zero-order valence-electron chi connectivity index (χ0n) is 15.1. The van der Waals surface area contributed by atoms with Gasteiger partial charge in [-0.25, -0.2) is 0 Å². The number of rotatable bonds is 6. The monoisotopic (exact) mass is 554 g/mol. The van der Waals surface area contributed by atoms with Crippen LogP contribution in [-0.2, 0) is 0 Å². The van der Waals surface area contributed by atoms with Crippen LogP contribution < -0.4 is 20.7 Å². The highest BCUT2D eigenvalue weighted by atomic mass is 79.9. The summed E-state index contributed by atoms with van der Waals surface area (Å²) in [4.78, 5) is 23.2. The van der Waals surface area contributed by atoms with E-state index in [9.17, 15) is 14.9 Å². The lowest BCUT2D eigenvalue weighted by molar-refractivity contribution is -0.384. The summed E-state index contributed by atoms with van der Waals surface area (Å²) in [5, 5.41) is 19.0. The SMILES string of the molecule is COc1ccc(NC(=S)N[C@H](NC(=O)c2cccc(Br)c2)C(Cl)(Cl)Cl)c([N+](=O)[O-])c1. The van der Waals surface area contributed by atoms with Crippen molar-refractivity contribution in [3.05, 3.63) is 62.6 Å². The molecule has 1 amide bonds. The Labute approximate surface area is 200 Å². The Bertz CT molecular complexity index is 974. The van der Waals surface area contributed by atoms with Gasteiger partial charge in [-0.15, -0.1) is 0 Å². The maximum Gasteiger partial charge on any atom is 0.296 e. The molecule has 0 fully saturated rings. The Morgan fingerprint density at radius 2 is 1.93 bits per heavy atom. The largest absolute Gasteiger partial charge is 0.496 e. The topological polar surface area (TPSA) is 106 Å². The second-order valence-electron chi connectivity index (χ2n) is 5.70. The fourth-order valence-corrected chi connectivity index (χ4v) is 3.18. The molecule has 0 bridgehead atoms. The third kappa shape index (κ3) is 6.85. The molecule has 0 heterocycles. The van der Waals surface area contributed by atoms with Crippen molar-refractivity contribution in [3.63, 3.8) is 0 Å². The van der Waals surface area contributed by atoms with Gasteiger partial charge in [-0.05, 0) is 42.5 Å². The normalized spacial score (nSPS) is 11.9. The standard InChI is InChI=1S/C17H14BrCl3N4O4S/c1-29-11-5-6-12(13(8-11)25(27)28)22-16(30)24-15(17(19,20)21)23-14(26)9-3-2-4-10(18)7-9/h2-8,15H,1H3,(H,23,26)(H2,22,24,30)/t15-/m0/s1. The fourth-order valence-electron chi connectivity index (χ4n) is 2.23. The van der Waals surface area contributed by atoms with Crippen molar-refractivity contribution in [3.8, 4) is 5.75 Å². The van der Waals surface area contributed by atoms with Gasteiger partial charge in [-0.3, -0.25) is 14.9 Å². The molecule has 2 rings (SSSR count). The molecule has 0 radical (unpaired) electrons. The number of carbonyl (C=O) groups is 1. The number of nitrogens with one attached hydrogen (secondary N) is 3. The van der Waals surface area contributed by atoms with Crippen LogP contribution in [0.5, 0.6) is 5.75 Å². The number of hydrogen-bond donors (Lipinski definition) is 3. The van der Waals surface area contributed by atoms with Crippen LogP contribution in [-0.4, -0.2) is 33.0 Å². The third-order valence-corrected chi connectivity index (χ3v) is 4.98. The second-order valence-corrected chi connectivity index (χ2v) is 9.39. The zero-order chi connectivity index (χ0) is 22.5. The molecule has 3 N–H and O–H groups in total. The first-order valence-electron chi connectivity index (χ1n) is 8.04. The van der Waals surface area contributed by atoms with E-state index in [4.69, 9.17) is 51.8 Å². The molecule has 2 aromatic rings. The maximum absolute atomic E-state index is 12.5. The predicted molar refractivity (Wildman–Crippen MR) is 125 cm³/mol. The number of alkyl halides is 3. The van der Waals surface area contributed by atoms with Crippen molar-refractivity contribution in [2.24, 2.45) is 0 Å². The number of methoxy groups -OCH3 is 1. The summed E-state index contributed by atoms with van der Waals surface area (Å²) in [5.41, 5.74) is 0.122. The van der Waals surface area contributed by atoms with E-state index in [-0.39, 0.29) is 16.5 Å². The molecular formula is C17H14BrCl3N4O4S. The van der Waals surface area contributed by atoms with Gasteiger partial charge in [0.2, 0.25) is 3.79 Å².